The van der Waals surface area contributed by atoms with Crippen LogP contribution in [0.25, 0.3) is 5.65 Å². The number of aromatic nitrogens is 4. The van der Waals surface area contributed by atoms with Crippen LogP contribution in [0.4, 0.5) is 0 Å². The zero-order valence-corrected chi connectivity index (χ0v) is 13.9. The average molecular weight is 324 g/mol. The molecule has 4 rings (SSSR count). The van der Waals surface area contributed by atoms with Gasteiger partial charge >= 0.3 is 0 Å². The van der Waals surface area contributed by atoms with E-state index in [9.17, 15) is 0 Å². The second-order valence-electron chi connectivity index (χ2n) is 6.10. The molecule has 0 amide bonds. The van der Waals surface area contributed by atoms with Gasteiger partial charge in [0.1, 0.15) is 5.03 Å². The van der Waals surface area contributed by atoms with Gasteiger partial charge in [0.15, 0.2) is 11.5 Å². The lowest BCUT2D eigenvalue weighted by Crippen LogP contribution is -2.09. The van der Waals surface area contributed by atoms with Crippen LogP contribution in [-0.4, -0.2) is 25.1 Å². The number of rotatable bonds is 4. The van der Waals surface area contributed by atoms with E-state index in [-0.39, 0.29) is 0 Å². The number of benzene rings is 1. The second kappa shape index (κ2) is 6.71. The molecule has 0 atom stereocenters. The highest BCUT2D eigenvalue weighted by Crippen LogP contribution is 2.32. The maximum Gasteiger partial charge on any atom is 0.177 e. The smallest absolute Gasteiger partial charge is 0.177 e. The Morgan fingerprint density at radius 3 is 2.61 bits per heavy atom. The first-order valence-electron chi connectivity index (χ1n) is 8.30. The highest BCUT2D eigenvalue weighted by Gasteiger charge is 2.16. The summed E-state index contributed by atoms with van der Waals surface area (Å²) >= 11 is 1.91. The minimum Gasteiger partial charge on any atom is -0.196 e. The van der Waals surface area contributed by atoms with E-state index < -0.39 is 0 Å². The van der Waals surface area contributed by atoms with Gasteiger partial charge in [-0.15, -0.1) is 22.0 Å². The Morgan fingerprint density at radius 2 is 1.78 bits per heavy atom. The van der Waals surface area contributed by atoms with Gasteiger partial charge in [0, 0.05) is 11.7 Å². The molecule has 0 N–H and O–H groups in total. The molecule has 0 bridgehead atoms. The molecule has 0 saturated heterocycles. The number of fused-ring (bicyclic) bond motifs is 1. The molecule has 5 heteroatoms. The lowest BCUT2D eigenvalue weighted by atomic mass is 10.0. The lowest BCUT2D eigenvalue weighted by Gasteiger charge is -2.20. The van der Waals surface area contributed by atoms with Crippen LogP contribution in [0.1, 0.15) is 43.5 Å². The SMILES string of the molecule is c1ccc(Cc2nnc3ccc(SC4CCCCC4)nn23)cc1. The van der Waals surface area contributed by atoms with Crippen molar-refractivity contribution in [3.8, 4) is 0 Å². The van der Waals surface area contributed by atoms with Gasteiger partial charge in [0.2, 0.25) is 0 Å². The van der Waals surface area contributed by atoms with Crippen molar-refractivity contribution in [2.75, 3.05) is 0 Å². The van der Waals surface area contributed by atoms with Crippen molar-refractivity contribution >= 4 is 17.4 Å². The second-order valence-corrected chi connectivity index (χ2v) is 7.42. The summed E-state index contributed by atoms with van der Waals surface area (Å²) in [5.41, 5.74) is 2.05. The van der Waals surface area contributed by atoms with Crippen LogP contribution in [0, 0.1) is 0 Å². The average Bonchev–Trinajstić information content (AvgIpc) is 2.99. The third-order valence-electron chi connectivity index (χ3n) is 4.35. The molecule has 0 unspecified atom stereocenters. The molecule has 1 aliphatic rings. The quantitative estimate of drug-likeness (QED) is 0.723. The van der Waals surface area contributed by atoms with Crippen LogP contribution in [0.15, 0.2) is 47.5 Å². The van der Waals surface area contributed by atoms with E-state index in [4.69, 9.17) is 5.10 Å². The molecule has 2 heterocycles. The van der Waals surface area contributed by atoms with Crippen LogP contribution >= 0.6 is 11.8 Å². The van der Waals surface area contributed by atoms with Crippen molar-refractivity contribution in [1.82, 2.24) is 19.8 Å². The summed E-state index contributed by atoms with van der Waals surface area (Å²) in [6, 6.07) is 14.5. The Morgan fingerprint density at radius 1 is 0.957 bits per heavy atom. The molecule has 118 valence electrons. The molecule has 3 aromatic rings. The lowest BCUT2D eigenvalue weighted by molar-refractivity contribution is 0.515. The summed E-state index contributed by atoms with van der Waals surface area (Å²) in [4.78, 5) is 0. The van der Waals surface area contributed by atoms with E-state index in [0.29, 0.717) is 5.25 Å². The Bertz CT molecular complexity index is 778. The van der Waals surface area contributed by atoms with Crippen LogP contribution in [0.2, 0.25) is 0 Å². The molecule has 2 aromatic heterocycles. The van der Waals surface area contributed by atoms with Gasteiger partial charge in [-0.25, -0.2) is 0 Å². The van der Waals surface area contributed by atoms with Crippen LogP contribution in [-0.2, 0) is 6.42 Å². The number of hydrogen-bond acceptors (Lipinski definition) is 4. The van der Waals surface area contributed by atoms with Crippen molar-refractivity contribution in [1.29, 1.82) is 0 Å². The predicted molar refractivity (Wildman–Crippen MR) is 92.8 cm³/mol. The zero-order valence-electron chi connectivity index (χ0n) is 13.1. The highest BCUT2D eigenvalue weighted by atomic mass is 32.2. The van der Waals surface area contributed by atoms with Gasteiger partial charge < -0.3 is 0 Å². The van der Waals surface area contributed by atoms with Crippen LogP contribution in [0.3, 0.4) is 0 Å². The first-order chi connectivity index (χ1) is 11.4. The van der Waals surface area contributed by atoms with E-state index in [1.165, 1.54) is 37.7 Å². The summed E-state index contributed by atoms with van der Waals surface area (Å²) in [6.07, 6.45) is 7.47. The van der Waals surface area contributed by atoms with Gasteiger partial charge in [-0.3, -0.25) is 0 Å². The topological polar surface area (TPSA) is 43.1 Å². The molecule has 23 heavy (non-hydrogen) atoms. The fourth-order valence-electron chi connectivity index (χ4n) is 3.12. The number of hydrogen-bond donors (Lipinski definition) is 0. The molecule has 4 nitrogen and oxygen atoms in total. The van der Waals surface area contributed by atoms with Gasteiger partial charge in [-0.1, -0.05) is 49.6 Å². The van der Waals surface area contributed by atoms with E-state index in [0.717, 1.165) is 22.9 Å². The van der Waals surface area contributed by atoms with Crippen molar-refractivity contribution in [3.05, 3.63) is 53.9 Å². The predicted octanol–water partition coefficient (Wildman–Crippen LogP) is 4.14. The van der Waals surface area contributed by atoms with Crippen molar-refractivity contribution in [2.45, 2.75) is 48.8 Å². The molecule has 1 aromatic carbocycles. The number of thioether (sulfide) groups is 1. The van der Waals surface area contributed by atoms with Gasteiger partial charge in [0.25, 0.3) is 0 Å². The van der Waals surface area contributed by atoms with E-state index in [1.54, 1.807) is 0 Å². The number of nitrogens with zero attached hydrogens (tertiary/aromatic N) is 4. The first-order valence-corrected chi connectivity index (χ1v) is 9.18. The van der Waals surface area contributed by atoms with Crippen LogP contribution < -0.4 is 0 Å². The fraction of sp³-hybridized carbons (Fsp3) is 0.389. The van der Waals surface area contributed by atoms with Gasteiger partial charge in [-0.2, -0.15) is 9.61 Å². The Kier molecular flexibility index (Phi) is 4.28. The van der Waals surface area contributed by atoms with Crippen molar-refractivity contribution in [3.63, 3.8) is 0 Å². The summed E-state index contributed by atoms with van der Waals surface area (Å²) in [5.74, 6) is 0.900. The summed E-state index contributed by atoms with van der Waals surface area (Å²) < 4.78 is 1.90. The normalized spacial score (nSPS) is 16.0. The Balaban J connectivity index is 1.58. The summed E-state index contributed by atoms with van der Waals surface area (Å²) in [6.45, 7) is 0. The molecule has 1 fully saturated rings. The third kappa shape index (κ3) is 3.39. The zero-order chi connectivity index (χ0) is 15.5. The first kappa shape index (κ1) is 14.7. The standard InChI is InChI=1S/C18H20N4S/c1-3-7-14(8-4-1)13-17-20-19-16-11-12-18(21-22(16)17)23-15-9-5-2-6-10-15/h1,3-4,7-8,11-12,15H,2,5-6,9-10,13H2. The molecular formula is C18H20N4S. The Labute approximate surface area is 140 Å². The van der Waals surface area contributed by atoms with E-state index in [1.807, 2.05) is 28.4 Å². The molecule has 0 aliphatic heterocycles. The highest BCUT2D eigenvalue weighted by molar-refractivity contribution is 7.99. The fourth-order valence-corrected chi connectivity index (χ4v) is 4.31. The minimum atomic E-state index is 0.711. The van der Waals surface area contributed by atoms with Crippen molar-refractivity contribution in [2.24, 2.45) is 0 Å². The van der Waals surface area contributed by atoms with E-state index >= 15 is 0 Å². The van der Waals surface area contributed by atoms with Crippen molar-refractivity contribution < 1.29 is 0 Å². The maximum atomic E-state index is 4.78. The maximum absolute atomic E-state index is 4.78. The Hall–Kier alpha value is -1.88. The van der Waals surface area contributed by atoms with Crippen LogP contribution in [0.5, 0.6) is 0 Å². The third-order valence-corrected chi connectivity index (χ3v) is 5.61. The molecule has 1 aliphatic carbocycles. The monoisotopic (exact) mass is 324 g/mol. The summed E-state index contributed by atoms with van der Waals surface area (Å²) in [5, 5.41) is 15.1. The summed E-state index contributed by atoms with van der Waals surface area (Å²) in [7, 11) is 0. The molecule has 1 saturated carbocycles. The molecule has 0 radical (unpaired) electrons. The minimum absolute atomic E-state index is 0.711. The molecule has 0 spiro atoms. The largest absolute Gasteiger partial charge is 0.196 e. The van der Waals surface area contributed by atoms with Gasteiger partial charge in [0.05, 0.1) is 0 Å². The van der Waals surface area contributed by atoms with E-state index in [2.05, 4.69) is 40.5 Å². The van der Waals surface area contributed by atoms with Gasteiger partial charge in [-0.05, 0) is 30.5 Å². The molecular weight excluding hydrogens is 304 g/mol.